The molecule has 1 heterocycles. The lowest BCUT2D eigenvalue weighted by Gasteiger charge is -2.34. The number of ether oxygens (including phenoxy) is 1. The molecule has 0 saturated heterocycles. The Morgan fingerprint density at radius 2 is 1.67 bits per heavy atom. The summed E-state index contributed by atoms with van der Waals surface area (Å²) in [7, 11) is 0. The molecular weight excluding hydrogens is 755 g/mol. The van der Waals surface area contributed by atoms with Gasteiger partial charge in [0.2, 0.25) is 18.1 Å². The number of carboxylic acids is 1. The van der Waals surface area contributed by atoms with Crippen LogP contribution in [0, 0.1) is 11.8 Å². The molecule has 52 heavy (non-hydrogen) atoms. The smallest absolute Gasteiger partial charge is 0.326 e. The number of amides is 5. The normalized spacial score (nSPS) is 23.1. The summed E-state index contributed by atoms with van der Waals surface area (Å²) in [5.74, 6) is -8.91. The number of halogens is 3. The van der Waals surface area contributed by atoms with Crippen molar-refractivity contribution >= 4 is 76.1 Å². The maximum atomic E-state index is 14.0. The fourth-order valence-corrected chi connectivity index (χ4v) is 5.72. The van der Waals surface area contributed by atoms with Gasteiger partial charge in [-0.2, -0.15) is 0 Å². The number of carbonyl (C=O) groups excluding carboxylic acids is 6. The van der Waals surface area contributed by atoms with Gasteiger partial charge in [0.1, 0.15) is 46.6 Å². The summed E-state index contributed by atoms with van der Waals surface area (Å²) in [6, 6.07) is -6.69. The first kappa shape index (κ1) is 44.6. The van der Waals surface area contributed by atoms with Crippen molar-refractivity contribution in [3.8, 4) is 0 Å². The van der Waals surface area contributed by atoms with Crippen LogP contribution in [0.15, 0.2) is 22.6 Å². The summed E-state index contributed by atoms with van der Waals surface area (Å²) in [6.45, 7) is 4.85. The van der Waals surface area contributed by atoms with Crippen LogP contribution < -0.4 is 32.3 Å². The van der Waals surface area contributed by atoms with Crippen molar-refractivity contribution < 1.29 is 58.7 Å². The zero-order valence-electron chi connectivity index (χ0n) is 28.6. The average molecular weight is 800 g/mol. The second-order valence-corrected chi connectivity index (χ2v) is 14.1. The number of aliphatic carboxylic acids is 1. The zero-order valence-corrected chi connectivity index (χ0v) is 30.8. The molecule has 0 aromatic heterocycles. The molecule has 18 nitrogen and oxygen atoms in total. The van der Waals surface area contributed by atoms with Gasteiger partial charge in [0, 0.05) is 30.4 Å². The second kappa shape index (κ2) is 20.6. The van der Waals surface area contributed by atoms with E-state index in [1.54, 1.807) is 13.8 Å². The van der Waals surface area contributed by atoms with Crippen LogP contribution in [-0.4, -0.2) is 116 Å². The molecular formula is C31H45Cl3N6O12. The third-order valence-corrected chi connectivity index (χ3v) is 9.37. The molecule has 292 valence electrons. The van der Waals surface area contributed by atoms with E-state index in [2.05, 4.69) is 26.6 Å². The maximum Gasteiger partial charge on any atom is 0.326 e. The van der Waals surface area contributed by atoms with E-state index in [0.29, 0.717) is 5.54 Å². The van der Waals surface area contributed by atoms with Crippen LogP contribution in [-0.2, 0) is 38.3 Å². The summed E-state index contributed by atoms with van der Waals surface area (Å²) in [4.78, 5) is 90.4. The Kier molecular flexibility index (Phi) is 17.7. The molecule has 0 aromatic carbocycles. The Balaban J connectivity index is 2.61. The number of hydrogen-bond acceptors (Lipinski definition) is 12. The molecule has 0 fully saturated rings. The highest BCUT2D eigenvalue weighted by Gasteiger charge is 2.42. The first-order valence-corrected chi connectivity index (χ1v) is 17.6. The lowest BCUT2D eigenvalue weighted by atomic mass is 9.96. The van der Waals surface area contributed by atoms with E-state index < -0.39 is 113 Å². The number of aliphatic hydroxyl groups excluding tert-OH is 2. The maximum absolute atomic E-state index is 14.0. The first-order valence-electron chi connectivity index (χ1n) is 16.3. The number of aliphatic hydroxyl groups is 3. The van der Waals surface area contributed by atoms with Crippen molar-refractivity contribution in [2.75, 3.05) is 6.54 Å². The largest absolute Gasteiger partial charge is 0.491 e. The van der Waals surface area contributed by atoms with Crippen molar-refractivity contribution in [3.63, 3.8) is 0 Å². The van der Waals surface area contributed by atoms with Gasteiger partial charge in [0.15, 0.2) is 5.78 Å². The number of hydrogen-bond donors (Lipinski definition) is 10. The summed E-state index contributed by atoms with van der Waals surface area (Å²) >= 11 is 17.7. The van der Waals surface area contributed by atoms with Gasteiger partial charge in [-0.05, 0) is 37.6 Å². The predicted octanol–water partition coefficient (Wildman–Crippen LogP) is -1.49. The highest BCUT2D eigenvalue weighted by Crippen LogP contribution is 2.31. The van der Waals surface area contributed by atoms with Crippen molar-refractivity contribution in [2.45, 2.75) is 107 Å². The van der Waals surface area contributed by atoms with Crippen LogP contribution in [0.4, 0.5) is 0 Å². The highest BCUT2D eigenvalue weighted by atomic mass is 35.5. The van der Waals surface area contributed by atoms with Crippen molar-refractivity contribution in [3.05, 3.63) is 22.6 Å². The molecule has 2 aliphatic rings. The number of nitrogens with one attached hydrogen (secondary N) is 5. The van der Waals surface area contributed by atoms with Gasteiger partial charge in [0.05, 0.1) is 6.10 Å². The van der Waals surface area contributed by atoms with Crippen molar-refractivity contribution in [2.24, 2.45) is 17.6 Å². The zero-order chi connectivity index (χ0) is 39.4. The summed E-state index contributed by atoms with van der Waals surface area (Å²) in [5, 5.41) is 50.8. The Labute approximate surface area is 314 Å². The van der Waals surface area contributed by atoms with Gasteiger partial charge >= 0.3 is 5.97 Å². The fourth-order valence-electron chi connectivity index (χ4n) is 5.36. The van der Waals surface area contributed by atoms with Crippen LogP contribution in [0.25, 0.3) is 0 Å². The predicted molar refractivity (Wildman–Crippen MR) is 185 cm³/mol. The minimum Gasteiger partial charge on any atom is -0.491 e. The standard InChI is InChI=1S/C31H45Cl3N6O12/c1-12(2)23-22(28(46)38-17(11-32)26(44)37-16(30(48)49)10-14-18(41)6-7-20(14)52-23)40-27(45)21(19(42)5-4-8-35)39-25(43)15(9-13(3)24(33)34)36-29(47)31(50)51/h11-13,15-16,19,21-24,31,42,50-51H,4-10,35H2,1-3H3,(H,36,47)(H,37,44)(H,38,46)(H,39,43)(H,40,45)(H,48,49)/b17-11+/t13-,15-,16+,19+,21+,22-,23-/m0/s1. The average Bonchev–Trinajstić information content (AvgIpc) is 3.42. The van der Waals surface area contributed by atoms with Crippen LogP contribution in [0.3, 0.4) is 0 Å². The highest BCUT2D eigenvalue weighted by molar-refractivity contribution is 6.44. The summed E-state index contributed by atoms with van der Waals surface area (Å²) < 4.78 is 6.18. The van der Waals surface area contributed by atoms with E-state index in [9.17, 15) is 54.0 Å². The van der Waals surface area contributed by atoms with Crippen LogP contribution in [0.1, 0.15) is 59.3 Å². The van der Waals surface area contributed by atoms with Crippen LogP contribution >= 0.6 is 34.8 Å². The van der Waals surface area contributed by atoms with Crippen LogP contribution in [0.2, 0.25) is 0 Å². The third kappa shape index (κ3) is 12.6. The lowest BCUT2D eigenvalue weighted by molar-refractivity contribution is -0.150. The van der Waals surface area contributed by atoms with Crippen LogP contribution in [0.5, 0.6) is 0 Å². The number of carboxylic acid groups (broad SMARTS) is 1. The van der Waals surface area contributed by atoms with Gasteiger partial charge in [-0.25, -0.2) is 4.79 Å². The number of carbonyl (C=O) groups is 7. The molecule has 0 spiro atoms. The van der Waals surface area contributed by atoms with Gasteiger partial charge in [-0.1, -0.05) is 32.4 Å². The third-order valence-electron chi connectivity index (χ3n) is 8.29. The Hall–Kier alpha value is -3.52. The number of allylic oxidation sites excluding steroid dienone is 1. The molecule has 2 rings (SSSR count). The van der Waals surface area contributed by atoms with E-state index in [4.69, 9.17) is 45.3 Å². The van der Waals surface area contributed by atoms with Gasteiger partial charge < -0.3 is 57.5 Å². The number of alkyl halides is 2. The number of nitrogens with two attached hydrogens (primary N) is 1. The topological polar surface area (TPSA) is 296 Å². The SMILES string of the molecule is CC(C)[C@@H]1OC2=C(C[C@H](C(=O)O)NC(=O)/C(=C\Cl)NC(=O)[C@H]1NC(=O)[C@H](NC(=O)[C@H](C[C@H](C)C(Cl)Cl)NC(=O)C(O)O)[C@H](O)CCCN)C(=O)CC2. The minimum atomic E-state index is -2.51. The molecule has 0 radical (unpaired) electrons. The monoisotopic (exact) mass is 798 g/mol. The quantitative estimate of drug-likeness (QED) is 0.0514. The van der Waals surface area contributed by atoms with E-state index >= 15 is 0 Å². The second-order valence-electron chi connectivity index (χ2n) is 12.7. The van der Waals surface area contributed by atoms with Gasteiger partial charge in [-0.15, -0.1) is 23.2 Å². The molecule has 0 saturated carbocycles. The van der Waals surface area contributed by atoms with Crippen molar-refractivity contribution in [1.82, 2.24) is 26.6 Å². The number of rotatable bonds is 15. The van der Waals surface area contributed by atoms with E-state index in [1.807, 2.05) is 0 Å². The van der Waals surface area contributed by atoms with Gasteiger partial charge in [-0.3, -0.25) is 28.8 Å². The summed E-state index contributed by atoms with van der Waals surface area (Å²) in [6.07, 6.45) is -6.12. The fraction of sp³-hybridized carbons (Fsp3) is 0.645. The van der Waals surface area contributed by atoms with Crippen molar-refractivity contribution in [1.29, 1.82) is 0 Å². The molecule has 1 aliphatic heterocycles. The molecule has 11 N–H and O–H groups in total. The lowest BCUT2D eigenvalue weighted by Crippen LogP contribution is -2.63. The Bertz CT molecular complexity index is 1430. The number of ketones is 1. The number of Topliss-reactive ketones (excluding diaryl/α,β-unsaturated/α-hetero) is 1. The Morgan fingerprint density at radius 3 is 2.21 bits per heavy atom. The molecule has 0 unspecified atom stereocenters. The van der Waals surface area contributed by atoms with E-state index in [0.717, 1.165) is 0 Å². The summed E-state index contributed by atoms with van der Waals surface area (Å²) in [5.41, 5.74) is 5.61. The molecule has 21 heteroatoms. The van der Waals surface area contributed by atoms with Gasteiger partial charge in [0.25, 0.3) is 17.7 Å². The first-order chi connectivity index (χ1) is 24.3. The van der Waals surface area contributed by atoms with E-state index in [-0.39, 0.29) is 50.0 Å². The molecule has 5 amide bonds. The molecule has 0 aromatic rings. The van der Waals surface area contributed by atoms with E-state index in [1.165, 1.54) is 6.92 Å². The molecule has 7 atom stereocenters. The molecule has 1 aliphatic carbocycles. The molecule has 0 bridgehead atoms. The Morgan fingerprint density at radius 1 is 1.02 bits per heavy atom. The minimum absolute atomic E-state index is 0.0306.